The van der Waals surface area contributed by atoms with Crippen LogP contribution in [0.2, 0.25) is 0 Å². The molecule has 0 aliphatic heterocycles. The van der Waals surface area contributed by atoms with Crippen molar-refractivity contribution in [1.82, 2.24) is 30.0 Å². The van der Waals surface area contributed by atoms with E-state index < -0.39 is 0 Å². The van der Waals surface area contributed by atoms with Crippen LogP contribution in [0.3, 0.4) is 0 Å². The van der Waals surface area contributed by atoms with Gasteiger partial charge in [0.2, 0.25) is 0 Å². The number of pyridine rings is 1. The number of nitrogens with one attached hydrogen (secondary N) is 1. The Hall–Kier alpha value is -4.01. The summed E-state index contributed by atoms with van der Waals surface area (Å²) in [4.78, 5) is 25.6. The van der Waals surface area contributed by atoms with Gasteiger partial charge in [0.25, 0.3) is 11.8 Å². The van der Waals surface area contributed by atoms with Gasteiger partial charge in [-0.3, -0.25) is 9.36 Å². The fourth-order valence-electron chi connectivity index (χ4n) is 3.30. The van der Waals surface area contributed by atoms with Crippen molar-refractivity contribution in [1.29, 1.82) is 0 Å². The molecule has 1 fully saturated rings. The summed E-state index contributed by atoms with van der Waals surface area (Å²) in [5.41, 5.74) is 1.96. The fraction of sp³-hybridized carbons (Fsp3) is 0.261. The van der Waals surface area contributed by atoms with E-state index in [1.165, 1.54) is 0 Å². The smallest absolute Gasteiger partial charge is 0.271 e. The largest absolute Gasteiger partial charge is 0.494 e. The highest BCUT2D eigenvalue weighted by Crippen LogP contribution is 2.38. The maximum atomic E-state index is 12.6. The summed E-state index contributed by atoms with van der Waals surface area (Å²) >= 11 is 0. The summed E-state index contributed by atoms with van der Waals surface area (Å²) in [5, 5.41) is 6.91. The van der Waals surface area contributed by atoms with E-state index in [2.05, 4.69) is 25.4 Å². The van der Waals surface area contributed by atoms with Crippen LogP contribution in [0.25, 0.3) is 17.3 Å². The summed E-state index contributed by atoms with van der Waals surface area (Å²) in [5.74, 6) is 2.77. The molecule has 3 heterocycles. The summed E-state index contributed by atoms with van der Waals surface area (Å²) in [6.45, 7) is 2.84. The molecule has 9 nitrogen and oxygen atoms in total. The Kier molecular flexibility index (Phi) is 5.37. The molecule has 4 aromatic rings. The van der Waals surface area contributed by atoms with Gasteiger partial charge >= 0.3 is 0 Å². The first-order valence-electron chi connectivity index (χ1n) is 10.5. The topological polar surface area (TPSA) is 108 Å². The Morgan fingerprint density at radius 2 is 2.09 bits per heavy atom. The van der Waals surface area contributed by atoms with Crippen molar-refractivity contribution >= 4 is 5.91 Å². The molecule has 0 radical (unpaired) electrons. The Morgan fingerprint density at radius 3 is 2.88 bits per heavy atom. The molecule has 9 heteroatoms. The van der Waals surface area contributed by atoms with Crippen molar-refractivity contribution in [3.63, 3.8) is 0 Å². The van der Waals surface area contributed by atoms with Crippen molar-refractivity contribution < 1.29 is 14.1 Å². The number of ether oxygens (including phenoxy) is 1. The Labute approximate surface area is 184 Å². The summed E-state index contributed by atoms with van der Waals surface area (Å²) in [6, 6.07) is 11.3. The summed E-state index contributed by atoms with van der Waals surface area (Å²) in [7, 11) is 0. The molecule has 3 aromatic heterocycles. The number of rotatable bonds is 8. The number of aromatic nitrogens is 5. The Balaban J connectivity index is 1.24. The predicted octanol–water partition coefficient (Wildman–Crippen LogP) is 3.52. The SMILES string of the molecule is CCOc1ccccc1CNC(=O)c1cn(-c2ccc(-c3nc(C4CC4)no3)cn2)cn1. The molecule has 0 bridgehead atoms. The van der Waals surface area contributed by atoms with Crippen molar-refractivity contribution in [3.8, 4) is 23.0 Å². The first-order chi connectivity index (χ1) is 15.7. The lowest BCUT2D eigenvalue weighted by Gasteiger charge is -2.10. The van der Waals surface area contributed by atoms with Crippen molar-refractivity contribution in [2.45, 2.75) is 32.2 Å². The van der Waals surface area contributed by atoms with E-state index in [0.717, 1.165) is 35.5 Å². The number of hydrogen-bond donors (Lipinski definition) is 1. The second-order valence-corrected chi connectivity index (χ2v) is 7.53. The lowest BCUT2D eigenvalue weighted by Crippen LogP contribution is -2.23. The van der Waals surface area contributed by atoms with Crippen LogP contribution < -0.4 is 10.1 Å². The van der Waals surface area contributed by atoms with Gasteiger partial charge < -0.3 is 14.6 Å². The second kappa shape index (κ2) is 8.62. The van der Waals surface area contributed by atoms with E-state index in [9.17, 15) is 4.79 Å². The van der Waals surface area contributed by atoms with Crippen LogP contribution in [0.1, 0.15) is 47.6 Å². The number of hydrogen-bond acceptors (Lipinski definition) is 7. The quantitative estimate of drug-likeness (QED) is 0.456. The normalized spacial score (nSPS) is 13.2. The number of para-hydroxylation sites is 1. The zero-order valence-electron chi connectivity index (χ0n) is 17.6. The monoisotopic (exact) mass is 430 g/mol. The van der Waals surface area contributed by atoms with Gasteiger partial charge in [-0.25, -0.2) is 9.97 Å². The standard InChI is InChI=1S/C23H22N6O3/c1-2-31-19-6-4-3-5-16(19)11-25-22(30)18-13-29(14-26-18)20-10-9-17(12-24-20)23-27-21(28-32-23)15-7-8-15/h3-6,9-10,12-15H,2,7-8,11H2,1H3,(H,25,30). The molecule has 0 atom stereocenters. The summed E-state index contributed by atoms with van der Waals surface area (Å²) in [6.07, 6.45) is 7.11. The highest BCUT2D eigenvalue weighted by atomic mass is 16.5. The molecule has 1 aliphatic carbocycles. The fourth-order valence-corrected chi connectivity index (χ4v) is 3.30. The number of carbonyl (C=O) groups is 1. The first-order valence-corrected chi connectivity index (χ1v) is 10.5. The molecular formula is C23H22N6O3. The number of carbonyl (C=O) groups excluding carboxylic acids is 1. The molecule has 1 aliphatic rings. The lowest BCUT2D eigenvalue weighted by atomic mass is 10.2. The van der Waals surface area contributed by atoms with Crippen LogP contribution >= 0.6 is 0 Å². The third kappa shape index (κ3) is 4.22. The minimum atomic E-state index is -0.273. The minimum Gasteiger partial charge on any atom is -0.494 e. The van der Waals surface area contributed by atoms with Gasteiger partial charge in [-0.15, -0.1) is 0 Å². The molecule has 5 rings (SSSR count). The van der Waals surface area contributed by atoms with Crippen molar-refractivity contribution in [3.05, 3.63) is 72.2 Å². The number of nitrogens with zero attached hydrogens (tertiary/aromatic N) is 5. The average molecular weight is 430 g/mol. The van der Waals surface area contributed by atoms with E-state index in [1.54, 1.807) is 23.3 Å². The lowest BCUT2D eigenvalue weighted by molar-refractivity contribution is 0.0946. The highest BCUT2D eigenvalue weighted by molar-refractivity contribution is 5.92. The zero-order chi connectivity index (χ0) is 21.9. The molecule has 32 heavy (non-hydrogen) atoms. The number of imidazole rings is 1. The van der Waals surface area contributed by atoms with Gasteiger partial charge in [-0.1, -0.05) is 23.4 Å². The molecule has 0 saturated heterocycles. The Bertz CT molecular complexity index is 1230. The van der Waals surface area contributed by atoms with Crippen molar-refractivity contribution in [2.75, 3.05) is 6.61 Å². The number of amides is 1. The first kappa shape index (κ1) is 19.9. The van der Waals surface area contributed by atoms with Crippen LogP contribution in [0, 0.1) is 0 Å². The Morgan fingerprint density at radius 1 is 1.22 bits per heavy atom. The van der Waals surface area contributed by atoms with Gasteiger partial charge in [0.1, 0.15) is 23.6 Å². The van der Waals surface area contributed by atoms with E-state index in [1.807, 2.05) is 43.3 Å². The molecule has 162 valence electrons. The van der Waals surface area contributed by atoms with Crippen LogP contribution in [0.15, 0.2) is 59.6 Å². The van der Waals surface area contributed by atoms with Gasteiger partial charge in [0.15, 0.2) is 5.82 Å². The maximum Gasteiger partial charge on any atom is 0.271 e. The molecule has 0 unspecified atom stereocenters. The van der Waals surface area contributed by atoms with Crippen LogP contribution in [-0.4, -0.2) is 37.2 Å². The highest BCUT2D eigenvalue weighted by Gasteiger charge is 2.29. The van der Waals surface area contributed by atoms with E-state index >= 15 is 0 Å². The third-order valence-corrected chi connectivity index (χ3v) is 5.17. The van der Waals surface area contributed by atoms with Crippen LogP contribution in [0.5, 0.6) is 5.75 Å². The zero-order valence-corrected chi connectivity index (χ0v) is 17.6. The number of benzene rings is 1. The molecule has 1 N–H and O–H groups in total. The van der Waals surface area contributed by atoms with Gasteiger partial charge in [0, 0.05) is 30.4 Å². The maximum absolute atomic E-state index is 12.6. The molecule has 1 saturated carbocycles. The van der Waals surface area contributed by atoms with Crippen molar-refractivity contribution in [2.24, 2.45) is 0 Å². The van der Waals surface area contributed by atoms with Gasteiger partial charge in [-0.2, -0.15) is 4.98 Å². The third-order valence-electron chi connectivity index (χ3n) is 5.17. The van der Waals surface area contributed by atoms with Gasteiger partial charge in [0.05, 0.1) is 12.2 Å². The van der Waals surface area contributed by atoms with E-state index in [0.29, 0.717) is 36.5 Å². The second-order valence-electron chi connectivity index (χ2n) is 7.53. The van der Waals surface area contributed by atoms with Crippen LogP contribution in [-0.2, 0) is 6.54 Å². The van der Waals surface area contributed by atoms with E-state index in [-0.39, 0.29) is 5.91 Å². The molecule has 1 aromatic carbocycles. The van der Waals surface area contributed by atoms with Gasteiger partial charge in [-0.05, 0) is 38.0 Å². The minimum absolute atomic E-state index is 0.273. The predicted molar refractivity (Wildman–Crippen MR) is 115 cm³/mol. The summed E-state index contributed by atoms with van der Waals surface area (Å²) < 4.78 is 12.6. The van der Waals surface area contributed by atoms with Crippen LogP contribution in [0.4, 0.5) is 0 Å². The molecular weight excluding hydrogens is 408 g/mol. The molecule has 0 spiro atoms. The average Bonchev–Trinajstić information content (AvgIpc) is 3.34. The van der Waals surface area contributed by atoms with E-state index in [4.69, 9.17) is 9.26 Å². The molecule has 1 amide bonds.